The minimum atomic E-state index is -0.379. The molecule has 0 spiro atoms. The van der Waals surface area contributed by atoms with Crippen LogP contribution >= 0.6 is 0 Å². The van der Waals surface area contributed by atoms with Crippen LogP contribution in [-0.4, -0.2) is 7.11 Å². The fraction of sp³-hybridized carbons (Fsp3) is 0.364. The fourth-order valence-electron chi connectivity index (χ4n) is 1.39. The van der Waals surface area contributed by atoms with Gasteiger partial charge >= 0.3 is 0 Å². The first-order valence-electron chi connectivity index (χ1n) is 4.37. The van der Waals surface area contributed by atoms with Crippen molar-refractivity contribution in [2.45, 2.75) is 19.8 Å². The molecule has 0 amide bonds. The lowest BCUT2D eigenvalue weighted by Gasteiger charge is -2.10. The van der Waals surface area contributed by atoms with Crippen molar-refractivity contribution >= 4 is 0 Å². The molecule has 2 nitrogen and oxygen atoms in total. The van der Waals surface area contributed by atoms with E-state index in [1.165, 1.54) is 13.2 Å². The molecule has 14 heavy (non-hydrogen) atoms. The highest BCUT2D eigenvalue weighted by molar-refractivity contribution is 5.45. The Labute approximate surface area is 82.9 Å². The van der Waals surface area contributed by atoms with Gasteiger partial charge in [-0.25, -0.2) is 4.39 Å². The highest BCUT2D eigenvalue weighted by atomic mass is 19.1. The summed E-state index contributed by atoms with van der Waals surface area (Å²) in [6, 6.07) is 4.83. The zero-order valence-corrected chi connectivity index (χ0v) is 8.47. The van der Waals surface area contributed by atoms with Crippen molar-refractivity contribution in [2.75, 3.05) is 7.11 Å². The van der Waals surface area contributed by atoms with Gasteiger partial charge in [0.25, 0.3) is 0 Å². The van der Waals surface area contributed by atoms with Gasteiger partial charge in [0.1, 0.15) is 11.6 Å². The Kier molecular flexibility index (Phi) is 3.08. The number of ether oxygens (including phenoxy) is 1. The molecule has 0 aliphatic carbocycles. The van der Waals surface area contributed by atoms with Crippen LogP contribution in [0.5, 0.6) is 5.75 Å². The highest BCUT2D eigenvalue weighted by Crippen LogP contribution is 2.26. The summed E-state index contributed by atoms with van der Waals surface area (Å²) in [5.74, 6) is -0.00472. The van der Waals surface area contributed by atoms with Gasteiger partial charge in [-0.1, -0.05) is 13.8 Å². The Bertz CT molecular complexity index is 380. The molecule has 1 rings (SSSR count). The molecular formula is C11H12FNO. The molecular weight excluding hydrogens is 181 g/mol. The van der Waals surface area contributed by atoms with E-state index >= 15 is 0 Å². The third-order valence-electron chi connectivity index (χ3n) is 2.04. The molecule has 74 valence electrons. The Balaban J connectivity index is 3.37. The van der Waals surface area contributed by atoms with Gasteiger partial charge in [0.15, 0.2) is 0 Å². The van der Waals surface area contributed by atoms with Gasteiger partial charge in [0, 0.05) is 11.6 Å². The van der Waals surface area contributed by atoms with E-state index in [1.54, 1.807) is 6.07 Å². The van der Waals surface area contributed by atoms with Gasteiger partial charge in [-0.2, -0.15) is 5.26 Å². The van der Waals surface area contributed by atoms with Crippen LogP contribution < -0.4 is 4.74 Å². The van der Waals surface area contributed by atoms with Crippen molar-refractivity contribution < 1.29 is 9.13 Å². The zero-order chi connectivity index (χ0) is 10.7. The summed E-state index contributed by atoms with van der Waals surface area (Å²) < 4.78 is 18.4. The predicted octanol–water partition coefficient (Wildman–Crippen LogP) is 2.83. The van der Waals surface area contributed by atoms with Crippen molar-refractivity contribution in [3.05, 3.63) is 29.1 Å². The maximum Gasteiger partial charge on any atom is 0.131 e. The van der Waals surface area contributed by atoms with Gasteiger partial charge < -0.3 is 4.74 Å². The molecule has 0 aromatic heterocycles. The number of hydrogen-bond donors (Lipinski definition) is 0. The Morgan fingerprint density at radius 2 is 2.07 bits per heavy atom. The van der Waals surface area contributed by atoms with E-state index in [4.69, 9.17) is 10.00 Å². The topological polar surface area (TPSA) is 33.0 Å². The molecule has 1 aromatic carbocycles. The molecule has 1 aromatic rings. The average molecular weight is 193 g/mol. The summed E-state index contributed by atoms with van der Waals surface area (Å²) in [4.78, 5) is 0. The van der Waals surface area contributed by atoms with E-state index in [9.17, 15) is 4.39 Å². The molecule has 0 bridgehead atoms. The first-order chi connectivity index (χ1) is 6.60. The lowest BCUT2D eigenvalue weighted by molar-refractivity contribution is 0.410. The van der Waals surface area contributed by atoms with Crippen molar-refractivity contribution in [2.24, 2.45) is 0 Å². The van der Waals surface area contributed by atoms with Gasteiger partial charge in [-0.3, -0.25) is 0 Å². The largest absolute Gasteiger partial charge is 0.497 e. The van der Waals surface area contributed by atoms with Crippen molar-refractivity contribution in [3.63, 3.8) is 0 Å². The Morgan fingerprint density at radius 1 is 1.43 bits per heavy atom. The van der Waals surface area contributed by atoms with E-state index < -0.39 is 0 Å². The molecule has 0 N–H and O–H groups in total. The second kappa shape index (κ2) is 4.10. The van der Waals surface area contributed by atoms with Crippen molar-refractivity contribution in [1.29, 1.82) is 5.26 Å². The van der Waals surface area contributed by atoms with Gasteiger partial charge in [0.05, 0.1) is 18.7 Å². The molecule has 0 aliphatic heterocycles. The number of methoxy groups -OCH3 is 1. The third kappa shape index (κ3) is 1.85. The number of benzene rings is 1. The number of rotatable bonds is 2. The Morgan fingerprint density at radius 3 is 2.50 bits per heavy atom. The molecule has 3 heteroatoms. The minimum Gasteiger partial charge on any atom is -0.497 e. The van der Waals surface area contributed by atoms with Crippen LogP contribution in [0.4, 0.5) is 4.39 Å². The van der Waals surface area contributed by atoms with Crippen LogP contribution in [0.15, 0.2) is 12.1 Å². The standard InChI is InChI=1S/C11H12FNO/c1-7(2)11-8(6-13)4-9(14-3)5-10(11)12/h4-5,7H,1-3H3. The lowest BCUT2D eigenvalue weighted by atomic mass is 9.97. The highest BCUT2D eigenvalue weighted by Gasteiger charge is 2.14. The molecule has 0 saturated heterocycles. The van der Waals surface area contributed by atoms with Crippen LogP contribution in [0, 0.1) is 17.1 Å². The fourth-order valence-corrected chi connectivity index (χ4v) is 1.39. The minimum absolute atomic E-state index is 0.00411. The normalized spacial score (nSPS) is 10.0. The van der Waals surface area contributed by atoms with E-state index in [2.05, 4.69) is 0 Å². The quantitative estimate of drug-likeness (QED) is 0.723. The van der Waals surface area contributed by atoms with Crippen LogP contribution in [0.1, 0.15) is 30.9 Å². The average Bonchev–Trinajstić information content (AvgIpc) is 2.15. The summed E-state index contributed by atoms with van der Waals surface area (Å²) >= 11 is 0. The molecule has 0 aliphatic rings. The lowest BCUT2D eigenvalue weighted by Crippen LogP contribution is -1.99. The van der Waals surface area contributed by atoms with Crippen molar-refractivity contribution in [3.8, 4) is 11.8 Å². The van der Waals surface area contributed by atoms with Gasteiger partial charge in [-0.15, -0.1) is 0 Å². The summed E-state index contributed by atoms with van der Waals surface area (Å²) in [6.07, 6.45) is 0. The van der Waals surface area contributed by atoms with E-state index in [0.29, 0.717) is 16.9 Å². The molecule has 0 radical (unpaired) electrons. The summed E-state index contributed by atoms with van der Waals surface area (Å²) in [6.45, 7) is 3.71. The monoisotopic (exact) mass is 193 g/mol. The zero-order valence-electron chi connectivity index (χ0n) is 8.47. The second-order valence-electron chi connectivity index (χ2n) is 3.34. The van der Waals surface area contributed by atoms with Gasteiger partial charge in [-0.05, 0) is 12.0 Å². The SMILES string of the molecule is COc1cc(F)c(C(C)C)c(C#N)c1. The van der Waals surface area contributed by atoms with E-state index in [0.717, 1.165) is 0 Å². The number of halogens is 1. The first kappa shape index (κ1) is 10.5. The summed E-state index contributed by atoms with van der Waals surface area (Å²) in [5, 5.41) is 8.84. The van der Waals surface area contributed by atoms with Crippen LogP contribution in [0.25, 0.3) is 0 Å². The summed E-state index contributed by atoms with van der Waals surface area (Å²) in [7, 11) is 1.45. The molecule has 0 saturated carbocycles. The van der Waals surface area contributed by atoms with E-state index in [1.807, 2.05) is 19.9 Å². The third-order valence-corrected chi connectivity index (χ3v) is 2.04. The maximum atomic E-state index is 13.5. The number of hydrogen-bond acceptors (Lipinski definition) is 2. The smallest absolute Gasteiger partial charge is 0.131 e. The second-order valence-corrected chi connectivity index (χ2v) is 3.34. The summed E-state index contributed by atoms with van der Waals surface area (Å²) in [5.41, 5.74) is 0.796. The molecule has 0 unspecified atom stereocenters. The molecule has 0 fully saturated rings. The number of nitrogens with zero attached hydrogens (tertiary/aromatic N) is 1. The number of nitriles is 1. The van der Waals surface area contributed by atoms with Crippen LogP contribution in [-0.2, 0) is 0 Å². The van der Waals surface area contributed by atoms with Crippen LogP contribution in [0.3, 0.4) is 0 Å². The van der Waals surface area contributed by atoms with E-state index in [-0.39, 0.29) is 11.7 Å². The molecule has 0 heterocycles. The maximum absolute atomic E-state index is 13.5. The predicted molar refractivity (Wildman–Crippen MR) is 51.8 cm³/mol. The van der Waals surface area contributed by atoms with Crippen LogP contribution in [0.2, 0.25) is 0 Å². The molecule has 0 atom stereocenters. The van der Waals surface area contributed by atoms with Crippen molar-refractivity contribution in [1.82, 2.24) is 0 Å². The van der Waals surface area contributed by atoms with Gasteiger partial charge in [0.2, 0.25) is 0 Å². The first-order valence-corrected chi connectivity index (χ1v) is 4.37. The Hall–Kier alpha value is -1.56.